The standard InChI is InChI=1S/C25H38N6O2/c1-17-5-9-20(10-6-17)28-23(24(26)32)22(18(2)27-3)29-25(33)19-7-11-21(12-8-19)31-15-13-30(4)14-16-31/h7-8,11-12,17,20,27H,5-6,9-10,13-16H2,1-4H3,(H2,26,32)(H,29,33). The van der Waals surface area contributed by atoms with Gasteiger partial charge in [-0.2, -0.15) is 0 Å². The summed E-state index contributed by atoms with van der Waals surface area (Å²) in [5, 5.41) is 5.92. The van der Waals surface area contributed by atoms with E-state index in [0.717, 1.165) is 57.5 Å². The van der Waals surface area contributed by atoms with E-state index in [9.17, 15) is 9.59 Å². The summed E-state index contributed by atoms with van der Waals surface area (Å²) < 4.78 is 0. The van der Waals surface area contributed by atoms with Crippen LogP contribution in [0.4, 0.5) is 5.69 Å². The Morgan fingerprint density at radius 1 is 1.03 bits per heavy atom. The van der Waals surface area contributed by atoms with Gasteiger partial charge >= 0.3 is 0 Å². The number of carbonyl (C=O) groups excluding carboxylic acids is 2. The van der Waals surface area contributed by atoms with Crippen molar-refractivity contribution in [2.75, 3.05) is 45.2 Å². The van der Waals surface area contributed by atoms with Crippen LogP contribution in [-0.2, 0) is 4.79 Å². The number of likely N-dealkylation sites (N-methyl/N-ethyl adjacent to an activating group) is 1. The molecule has 0 atom stereocenters. The lowest BCUT2D eigenvalue weighted by molar-refractivity contribution is -0.112. The Bertz CT molecular complexity index is 892. The molecular formula is C25H38N6O2. The maximum Gasteiger partial charge on any atom is 0.269 e. The van der Waals surface area contributed by atoms with Crippen LogP contribution in [0.25, 0.3) is 0 Å². The number of anilines is 1. The van der Waals surface area contributed by atoms with Gasteiger partial charge in [-0.25, -0.2) is 0 Å². The summed E-state index contributed by atoms with van der Waals surface area (Å²) in [7, 11) is 3.87. The zero-order valence-corrected chi connectivity index (χ0v) is 20.4. The number of piperazine rings is 1. The van der Waals surface area contributed by atoms with Gasteiger partial charge in [0.2, 0.25) is 0 Å². The fourth-order valence-electron chi connectivity index (χ4n) is 4.34. The Kier molecular flexibility index (Phi) is 8.49. The second kappa shape index (κ2) is 11.3. The van der Waals surface area contributed by atoms with Crippen LogP contribution >= 0.6 is 0 Å². The van der Waals surface area contributed by atoms with Gasteiger partial charge in [0.1, 0.15) is 5.71 Å². The third-order valence-corrected chi connectivity index (χ3v) is 6.75. The van der Waals surface area contributed by atoms with Crippen molar-refractivity contribution in [3.8, 4) is 0 Å². The topological polar surface area (TPSA) is 103 Å². The number of carbonyl (C=O) groups is 2. The number of hydrogen-bond acceptors (Lipinski definition) is 6. The second-order valence-electron chi connectivity index (χ2n) is 9.30. The first-order chi connectivity index (χ1) is 15.8. The predicted molar refractivity (Wildman–Crippen MR) is 133 cm³/mol. The Labute approximate surface area is 197 Å². The minimum atomic E-state index is -0.635. The lowest BCUT2D eigenvalue weighted by Crippen LogP contribution is -2.44. The monoisotopic (exact) mass is 454 g/mol. The Balaban J connectivity index is 1.76. The number of nitrogens with one attached hydrogen (secondary N) is 2. The first-order valence-electron chi connectivity index (χ1n) is 11.9. The van der Waals surface area contributed by atoms with Crippen LogP contribution in [0.2, 0.25) is 0 Å². The van der Waals surface area contributed by atoms with Gasteiger partial charge in [-0.3, -0.25) is 14.6 Å². The highest BCUT2D eigenvalue weighted by atomic mass is 16.2. The molecule has 180 valence electrons. The van der Waals surface area contributed by atoms with Crippen molar-refractivity contribution in [1.82, 2.24) is 15.5 Å². The van der Waals surface area contributed by atoms with Gasteiger partial charge in [-0.15, -0.1) is 0 Å². The summed E-state index contributed by atoms with van der Waals surface area (Å²) >= 11 is 0. The van der Waals surface area contributed by atoms with Gasteiger partial charge in [0.25, 0.3) is 11.8 Å². The van der Waals surface area contributed by atoms with Crippen LogP contribution in [0.5, 0.6) is 0 Å². The van der Waals surface area contributed by atoms with E-state index in [1.807, 2.05) is 24.3 Å². The molecule has 1 aliphatic heterocycles. The van der Waals surface area contributed by atoms with Gasteiger partial charge in [0, 0.05) is 50.2 Å². The average Bonchev–Trinajstić information content (AvgIpc) is 2.82. The number of allylic oxidation sites excluding steroid dienone is 1. The van der Waals surface area contributed by atoms with E-state index in [-0.39, 0.29) is 17.7 Å². The van der Waals surface area contributed by atoms with E-state index in [1.165, 1.54) is 0 Å². The van der Waals surface area contributed by atoms with Crippen LogP contribution in [0.15, 0.2) is 40.7 Å². The van der Waals surface area contributed by atoms with Crippen molar-refractivity contribution in [2.45, 2.75) is 45.6 Å². The highest BCUT2D eigenvalue weighted by molar-refractivity contribution is 6.45. The van der Waals surface area contributed by atoms with E-state index in [2.05, 4.69) is 39.4 Å². The number of rotatable bonds is 7. The van der Waals surface area contributed by atoms with Gasteiger partial charge in [-0.05, 0) is 69.8 Å². The van der Waals surface area contributed by atoms with Crippen LogP contribution < -0.4 is 21.3 Å². The first-order valence-corrected chi connectivity index (χ1v) is 11.9. The molecule has 8 heteroatoms. The molecule has 2 amide bonds. The molecule has 0 unspecified atom stereocenters. The predicted octanol–water partition coefficient (Wildman–Crippen LogP) is 2.12. The molecular weight excluding hydrogens is 416 g/mol. The fourth-order valence-corrected chi connectivity index (χ4v) is 4.34. The number of nitrogens with two attached hydrogens (primary N) is 1. The smallest absolute Gasteiger partial charge is 0.269 e. The van der Waals surface area contributed by atoms with E-state index < -0.39 is 5.91 Å². The van der Waals surface area contributed by atoms with E-state index in [0.29, 0.717) is 22.9 Å². The molecule has 4 N–H and O–H groups in total. The molecule has 1 heterocycles. The van der Waals surface area contributed by atoms with E-state index >= 15 is 0 Å². The molecule has 1 saturated heterocycles. The summed E-state index contributed by atoms with van der Waals surface area (Å²) in [6.07, 6.45) is 4.00. The molecule has 0 radical (unpaired) electrons. The van der Waals surface area contributed by atoms with Crippen molar-refractivity contribution in [1.29, 1.82) is 0 Å². The molecule has 0 spiro atoms. The number of hydrogen-bond donors (Lipinski definition) is 3. The first kappa shape index (κ1) is 24.8. The molecule has 8 nitrogen and oxygen atoms in total. The highest BCUT2D eigenvalue weighted by Gasteiger charge is 2.24. The van der Waals surface area contributed by atoms with Crippen molar-refractivity contribution in [2.24, 2.45) is 16.6 Å². The summed E-state index contributed by atoms with van der Waals surface area (Å²) in [5.41, 5.74) is 8.44. The third-order valence-electron chi connectivity index (χ3n) is 6.75. The summed E-state index contributed by atoms with van der Waals surface area (Å²) in [6, 6.07) is 7.63. The summed E-state index contributed by atoms with van der Waals surface area (Å²) in [6.45, 7) is 8.01. The molecule has 1 aromatic carbocycles. The third kappa shape index (κ3) is 6.57. The number of benzene rings is 1. The highest BCUT2D eigenvalue weighted by Crippen LogP contribution is 2.26. The van der Waals surface area contributed by atoms with Crippen LogP contribution in [0.1, 0.15) is 49.9 Å². The summed E-state index contributed by atoms with van der Waals surface area (Å²) in [5.74, 6) is -0.254. The van der Waals surface area contributed by atoms with Crippen molar-refractivity contribution >= 4 is 23.2 Å². The van der Waals surface area contributed by atoms with Crippen molar-refractivity contribution in [3.05, 3.63) is 41.2 Å². The zero-order chi connectivity index (χ0) is 24.0. The molecule has 3 rings (SSSR count). The number of amides is 2. The lowest BCUT2D eigenvalue weighted by Gasteiger charge is -2.34. The summed E-state index contributed by atoms with van der Waals surface area (Å²) in [4.78, 5) is 34.7. The van der Waals surface area contributed by atoms with Gasteiger partial charge in [0.15, 0.2) is 0 Å². The van der Waals surface area contributed by atoms with Crippen LogP contribution in [0.3, 0.4) is 0 Å². The fraction of sp³-hybridized carbons (Fsp3) is 0.560. The SMILES string of the molecule is CNC(C)=C(NC(=O)c1ccc(N2CCN(C)CC2)cc1)C(=NC1CCC(C)CC1)C(N)=O. The number of nitrogens with zero attached hydrogens (tertiary/aromatic N) is 3. The molecule has 1 saturated carbocycles. The number of aliphatic imine (C=N–C) groups is 1. The Hall–Kier alpha value is -2.87. The molecule has 1 aromatic rings. The average molecular weight is 455 g/mol. The quantitative estimate of drug-likeness (QED) is 0.548. The van der Waals surface area contributed by atoms with Crippen molar-refractivity contribution < 1.29 is 9.59 Å². The zero-order valence-electron chi connectivity index (χ0n) is 20.4. The lowest BCUT2D eigenvalue weighted by atomic mass is 9.87. The molecule has 1 aliphatic carbocycles. The van der Waals surface area contributed by atoms with Gasteiger partial charge < -0.3 is 26.2 Å². The Morgan fingerprint density at radius 3 is 2.18 bits per heavy atom. The number of primary amides is 1. The van der Waals surface area contributed by atoms with E-state index in [1.54, 1.807) is 14.0 Å². The van der Waals surface area contributed by atoms with E-state index in [4.69, 9.17) is 5.73 Å². The van der Waals surface area contributed by atoms with Crippen LogP contribution in [-0.4, -0.2) is 68.7 Å². The van der Waals surface area contributed by atoms with Gasteiger partial charge in [-0.1, -0.05) is 6.92 Å². The Morgan fingerprint density at radius 2 is 1.64 bits per heavy atom. The molecule has 2 aliphatic rings. The van der Waals surface area contributed by atoms with Crippen LogP contribution in [0, 0.1) is 5.92 Å². The molecule has 0 aromatic heterocycles. The molecule has 33 heavy (non-hydrogen) atoms. The molecule has 0 bridgehead atoms. The maximum absolute atomic E-state index is 13.1. The normalized spacial score (nSPS) is 23.0. The molecule has 2 fully saturated rings. The van der Waals surface area contributed by atoms with Crippen molar-refractivity contribution in [3.63, 3.8) is 0 Å². The minimum absolute atomic E-state index is 0.0446. The van der Waals surface area contributed by atoms with Gasteiger partial charge in [0.05, 0.1) is 11.7 Å². The second-order valence-corrected chi connectivity index (χ2v) is 9.30. The minimum Gasteiger partial charge on any atom is -0.390 e. The largest absolute Gasteiger partial charge is 0.390 e. The maximum atomic E-state index is 13.1.